The van der Waals surface area contributed by atoms with Crippen molar-refractivity contribution in [1.82, 2.24) is 10.2 Å². The second kappa shape index (κ2) is 11.1. The Hall–Kier alpha value is -2.87. The Balaban J connectivity index is 2.14. The Morgan fingerprint density at radius 1 is 1.03 bits per heavy atom. The molecule has 2 aromatic rings. The van der Waals surface area contributed by atoms with Gasteiger partial charge in [0, 0.05) is 26.6 Å². The maximum absolute atomic E-state index is 13.1. The number of rotatable bonds is 10. The number of nitrogens with one attached hydrogen (secondary N) is 1. The van der Waals surface area contributed by atoms with E-state index in [1.165, 1.54) is 4.31 Å². The van der Waals surface area contributed by atoms with Gasteiger partial charge >= 0.3 is 0 Å². The molecule has 0 radical (unpaired) electrons. The summed E-state index contributed by atoms with van der Waals surface area (Å²) in [6.45, 7) is 6.06. The molecule has 8 heteroatoms. The van der Waals surface area contributed by atoms with Crippen molar-refractivity contribution < 1.29 is 18.0 Å². The lowest BCUT2D eigenvalue weighted by Gasteiger charge is -2.29. The van der Waals surface area contributed by atoms with Gasteiger partial charge in [-0.1, -0.05) is 42.0 Å². The molecule has 2 aromatic carbocycles. The molecule has 0 aliphatic rings. The van der Waals surface area contributed by atoms with Gasteiger partial charge in [0.05, 0.1) is 11.9 Å². The first-order chi connectivity index (χ1) is 15.0. The molecule has 0 aromatic heterocycles. The fraction of sp³-hybridized carbons (Fsp3) is 0.417. The molecule has 0 saturated carbocycles. The minimum Gasteiger partial charge on any atom is -0.357 e. The zero-order chi connectivity index (χ0) is 23.9. The van der Waals surface area contributed by atoms with Crippen LogP contribution in [0, 0.1) is 13.8 Å². The third-order valence-electron chi connectivity index (χ3n) is 5.29. The highest BCUT2D eigenvalue weighted by atomic mass is 32.2. The van der Waals surface area contributed by atoms with Crippen LogP contribution in [0.25, 0.3) is 0 Å². The smallest absolute Gasteiger partial charge is 0.242 e. The highest BCUT2D eigenvalue weighted by Gasteiger charge is 2.26. The summed E-state index contributed by atoms with van der Waals surface area (Å²) < 4.78 is 26.0. The monoisotopic (exact) mass is 459 g/mol. The second-order valence-electron chi connectivity index (χ2n) is 8.08. The number of likely N-dealkylation sites (N-methyl/N-ethyl adjacent to an activating group) is 1. The van der Waals surface area contributed by atoms with Gasteiger partial charge < -0.3 is 10.2 Å². The first kappa shape index (κ1) is 25.4. The van der Waals surface area contributed by atoms with Gasteiger partial charge in [0.25, 0.3) is 0 Å². The molecule has 1 unspecified atom stereocenters. The van der Waals surface area contributed by atoms with Gasteiger partial charge in [-0.2, -0.15) is 0 Å². The summed E-state index contributed by atoms with van der Waals surface area (Å²) in [6, 6.07) is 14.4. The van der Waals surface area contributed by atoms with Gasteiger partial charge in [-0.25, -0.2) is 8.42 Å². The molecule has 0 heterocycles. The number of anilines is 1. The van der Waals surface area contributed by atoms with Gasteiger partial charge in [-0.15, -0.1) is 0 Å². The molecular weight excluding hydrogens is 426 g/mol. The molecule has 0 spiro atoms. The minimum absolute atomic E-state index is 0.130. The average Bonchev–Trinajstić information content (AvgIpc) is 2.73. The van der Waals surface area contributed by atoms with Crippen LogP contribution in [0.4, 0.5) is 5.69 Å². The number of amides is 2. The van der Waals surface area contributed by atoms with E-state index < -0.39 is 16.1 Å². The summed E-state index contributed by atoms with van der Waals surface area (Å²) in [7, 11) is -1.95. The number of sulfonamides is 1. The molecule has 174 valence electrons. The van der Waals surface area contributed by atoms with Gasteiger partial charge in [0.2, 0.25) is 21.8 Å². The van der Waals surface area contributed by atoms with Gasteiger partial charge in [0.15, 0.2) is 0 Å². The second-order valence-corrected chi connectivity index (χ2v) is 9.99. The quantitative estimate of drug-likeness (QED) is 0.592. The van der Waals surface area contributed by atoms with Crippen molar-refractivity contribution in [3.8, 4) is 0 Å². The Bertz CT molecular complexity index is 1050. The van der Waals surface area contributed by atoms with E-state index in [1.807, 2.05) is 50.2 Å². The highest BCUT2D eigenvalue weighted by molar-refractivity contribution is 7.92. The lowest BCUT2D eigenvalue weighted by molar-refractivity contribution is -0.140. The molecule has 2 rings (SSSR count). The number of carbonyl (C=O) groups excluding carboxylic acids is 2. The van der Waals surface area contributed by atoms with Crippen LogP contribution in [0.2, 0.25) is 0 Å². The van der Waals surface area contributed by atoms with Gasteiger partial charge in [-0.05, 0) is 50.5 Å². The zero-order valence-electron chi connectivity index (χ0n) is 19.5. The van der Waals surface area contributed by atoms with E-state index in [9.17, 15) is 18.0 Å². The van der Waals surface area contributed by atoms with E-state index in [-0.39, 0.29) is 24.8 Å². The van der Waals surface area contributed by atoms with Crippen molar-refractivity contribution in [2.24, 2.45) is 0 Å². The third-order valence-corrected chi connectivity index (χ3v) is 6.48. The van der Waals surface area contributed by atoms with E-state index >= 15 is 0 Å². The van der Waals surface area contributed by atoms with Gasteiger partial charge in [0.1, 0.15) is 6.04 Å². The van der Waals surface area contributed by atoms with E-state index in [0.717, 1.165) is 22.9 Å². The van der Waals surface area contributed by atoms with Crippen molar-refractivity contribution in [2.45, 2.75) is 46.2 Å². The summed E-state index contributed by atoms with van der Waals surface area (Å²) in [6.07, 6.45) is 1.63. The van der Waals surface area contributed by atoms with Crippen LogP contribution < -0.4 is 9.62 Å². The first-order valence-corrected chi connectivity index (χ1v) is 12.5. The molecule has 0 bridgehead atoms. The fourth-order valence-electron chi connectivity index (χ4n) is 3.59. The summed E-state index contributed by atoms with van der Waals surface area (Å²) in [5.41, 5.74) is 3.54. The Kier molecular flexibility index (Phi) is 8.83. The summed E-state index contributed by atoms with van der Waals surface area (Å²) in [4.78, 5) is 26.9. The molecule has 1 N–H and O–H groups in total. The van der Waals surface area contributed by atoms with E-state index in [0.29, 0.717) is 18.7 Å². The topological polar surface area (TPSA) is 86.8 Å². The van der Waals surface area contributed by atoms with Crippen molar-refractivity contribution >= 4 is 27.5 Å². The third kappa shape index (κ3) is 7.09. The number of benzene rings is 2. The molecule has 1 atom stereocenters. The van der Waals surface area contributed by atoms with E-state index in [4.69, 9.17) is 0 Å². The summed E-state index contributed by atoms with van der Waals surface area (Å²) in [5, 5.41) is 2.60. The van der Waals surface area contributed by atoms with Crippen LogP contribution in [-0.4, -0.2) is 51.0 Å². The molecule has 7 nitrogen and oxygen atoms in total. The average molecular weight is 460 g/mol. The molecular formula is C24H33N3O4S. The number of carbonyl (C=O) groups is 2. The zero-order valence-corrected chi connectivity index (χ0v) is 20.3. The van der Waals surface area contributed by atoms with Crippen LogP contribution in [-0.2, 0) is 26.2 Å². The molecule has 32 heavy (non-hydrogen) atoms. The fourth-order valence-corrected chi connectivity index (χ4v) is 4.54. The maximum Gasteiger partial charge on any atom is 0.242 e. The van der Waals surface area contributed by atoms with Crippen LogP contribution >= 0.6 is 0 Å². The molecule has 0 fully saturated rings. The lowest BCUT2D eigenvalue weighted by atomic mass is 10.1. The number of aryl methyl sites for hydroxylation is 2. The highest BCUT2D eigenvalue weighted by Crippen LogP contribution is 2.20. The van der Waals surface area contributed by atoms with Crippen LogP contribution in [0.5, 0.6) is 0 Å². The Morgan fingerprint density at radius 3 is 2.22 bits per heavy atom. The molecule has 0 saturated heterocycles. The largest absolute Gasteiger partial charge is 0.357 e. The Labute approximate surface area is 191 Å². The van der Waals surface area contributed by atoms with Crippen LogP contribution in [0.1, 0.15) is 36.5 Å². The van der Waals surface area contributed by atoms with Crippen molar-refractivity contribution in [3.63, 3.8) is 0 Å². The number of hydrogen-bond acceptors (Lipinski definition) is 4. The Morgan fingerprint density at radius 2 is 1.66 bits per heavy atom. The molecule has 0 aliphatic heterocycles. The lowest BCUT2D eigenvalue weighted by Crippen LogP contribution is -2.46. The first-order valence-electron chi connectivity index (χ1n) is 10.6. The number of hydrogen-bond donors (Lipinski definition) is 1. The van der Waals surface area contributed by atoms with Gasteiger partial charge in [-0.3, -0.25) is 13.9 Å². The number of nitrogens with zero attached hydrogens (tertiary/aromatic N) is 2. The van der Waals surface area contributed by atoms with E-state index in [1.54, 1.807) is 31.0 Å². The SMILES string of the molecule is CNC(=O)C(C)N(Cc1cccc(C)c1)C(=O)CCCN(c1cccc(C)c1)S(C)(=O)=O. The standard InChI is InChI=1S/C24H33N3O4S/c1-18-9-6-11-21(15-18)17-26(20(3)24(29)25-4)23(28)13-8-14-27(32(5,30)31)22-12-7-10-19(2)16-22/h6-7,9-12,15-16,20H,8,13-14,17H2,1-5H3,(H,25,29). The van der Waals surface area contributed by atoms with Crippen molar-refractivity contribution in [2.75, 3.05) is 24.2 Å². The van der Waals surface area contributed by atoms with E-state index in [2.05, 4.69) is 5.32 Å². The molecule has 0 aliphatic carbocycles. The molecule has 2 amide bonds. The van der Waals surface area contributed by atoms with Crippen LogP contribution in [0.15, 0.2) is 48.5 Å². The van der Waals surface area contributed by atoms with Crippen molar-refractivity contribution in [1.29, 1.82) is 0 Å². The maximum atomic E-state index is 13.1. The summed E-state index contributed by atoms with van der Waals surface area (Å²) in [5.74, 6) is -0.441. The normalized spacial score (nSPS) is 12.2. The summed E-state index contributed by atoms with van der Waals surface area (Å²) >= 11 is 0. The minimum atomic E-state index is -3.50. The van der Waals surface area contributed by atoms with Crippen molar-refractivity contribution in [3.05, 3.63) is 65.2 Å². The predicted octanol–water partition coefficient (Wildman–Crippen LogP) is 3.01. The van der Waals surface area contributed by atoms with Crippen LogP contribution in [0.3, 0.4) is 0 Å². The predicted molar refractivity (Wildman–Crippen MR) is 128 cm³/mol.